The summed E-state index contributed by atoms with van der Waals surface area (Å²) in [7, 11) is -1.73. The molecular weight excluding hydrogens is 321 g/mol. The molecule has 2 heteroatoms. The van der Waals surface area contributed by atoms with Crippen LogP contribution in [0.5, 0.6) is 0 Å². The summed E-state index contributed by atoms with van der Waals surface area (Å²) in [5.41, 5.74) is 6.22. The predicted octanol–water partition coefficient (Wildman–Crippen LogP) is 4.11. The number of hydrogen-bond acceptors (Lipinski definition) is 1. The Hall–Kier alpha value is -1.95. The molecule has 0 saturated carbocycles. The molecule has 0 amide bonds. The first-order valence-electron chi connectivity index (χ1n) is 8.86. The smallest absolute Gasteiger partial charge is 0.112 e. The van der Waals surface area contributed by atoms with Gasteiger partial charge < -0.3 is 5.73 Å². The lowest BCUT2D eigenvalue weighted by Gasteiger charge is -2.30. The highest BCUT2D eigenvalue weighted by Gasteiger charge is 2.45. The van der Waals surface area contributed by atoms with Crippen molar-refractivity contribution in [2.45, 2.75) is 25.8 Å². The molecule has 0 fully saturated rings. The topological polar surface area (TPSA) is 26.0 Å². The molecule has 3 aromatic carbocycles. The fraction of sp³-hybridized carbons (Fsp3) is 0.217. The molecule has 3 aromatic rings. The minimum absolute atomic E-state index is 0.177. The van der Waals surface area contributed by atoms with Gasteiger partial charge in [-0.2, -0.15) is 0 Å². The largest absolute Gasteiger partial charge is 0.325 e. The lowest BCUT2D eigenvalue weighted by molar-refractivity contribution is 0.504. The maximum absolute atomic E-state index is 6.39. The van der Waals surface area contributed by atoms with E-state index in [1.165, 1.54) is 15.9 Å². The summed E-state index contributed by atoms with van der Waals surface area (Å²) in [6, 6.07) is 33.0. The Kier molecular flexibility index (Phi) is 5.37. The summed E-state index contributed by atoms with van der Waals surface area (Å²) in [6.45, 7) is 4.26. The van der Waals surface area contributed by atoms with Crippen molar-refractivity contribution in [3.05, 3.63) is 91.0 Å². The Morgan fingerprint density at radius 2 is 0.960 bits per heavy atom. The summed E-state index contributed by atoms with van der Waals surface area (Å²) in [5.74, 6) is 0. The van der Waals surface area contributed by atoms with Gasteiger partial charge in [0.2, 0.25) is 0 Å². The van der Waals surface area contributed by atoms with Gasteiger partial charge in [0.05, 0.1) is 6.16 Å². The van der Waals surface area contributed by atoms with Crippen LogP contribution in [0.25, 0.3) is 0 Å². The van der Waals surface area contributed by atoms with Crippen molar-refractivity contribution < 1.29 is 0 Å². The molecule has 0 bridgehead atoms. The third kappa shape index (κ3) is 4.00. The Morgan fingerprint density at radius 1 is 0.640 bits per heavy atom. The monoisotopic (exact) mass is 348 g/mol. The molecule has 0 heterocycles. The Labute approximate surface area is 152 Å². The van der Waals surface area contributed by atoms with E-state index in [9.17, 15) is 0 Å². The summed E-state index contributed by atoms with van der Waals surface area (Å²) < 4.78 is 0. The Balaban J connectivity index is 2.24. The van der Waals surface area contributed by atoms with E-state index in [1.807, 2.05) is 0 Å². The molecule has 0 aliphatic rings. The van der Waals surface area contributed by atoms with Crippen molar-refractivity contribution in [1.82, 2.24) is 0 Å². The normalized spacial score (nSPS) is 12.1. The standard InChI is InChI=1S/C23H27NP/c1-23(2,24)18-19-25(20-12-6-3-7-13-20,21-14-8-4-9-15-21)22-16-10-5-11-17-22/h3-17H,18-19,24H2,1-2H3/q+1. The highest BCUT2D eigenvalue weighted by atomic mass is 31.2. The molecule has 0 aliphatic carbocycles. The molecule has 128 valence electrons. The van der Waals surface area contributed by atoms with Gasteiger partial charge in [-0.15, -0.1) is 0 Å². The molecule has 0 saturated heterocycles. The maximum atomic E-state index is 6.39. The molecule has 0 unspecified atom stereocenters. The van der Waals surface area contributed by atoms with Crippen LogP contribution in [0.2, 0.25) is 0 Å². The quantitative estimate of drug-likeness (QED) is 0.667. The lowest BCUT2D eigenvalue weighted by Crippen LogP contribution is -2.39. The molecule has 0 atom stereocenters. The first-order chi connectivity index (χ1) is 12.0. The van der Waals surface area contributed by atoms with E-state index >= 15 is 0 Å². The Bertz CT molecular complexity index is 680. The van der Waals surface area contributed by atoms with Gasteiger partial charge in [0.1, 0.15) is 23.2 Å². The van der Waals surface area contributed by atoms with Crippen LogP contribution in [0.15, 0.2) is 91.0 Å². The van der Waals surface area contributed by atoms with Crippen LogP contribution in [0.4, 0.5) is 0 Å². The maximum Gasteiger partial charge on any atom is 0.112 e. The van der Waals surface area contributed by atoms with Gasteiger partial charge in [-0.1, -0.05) is 54.6 Å². The fourth-order valence-electron chi connectivity index (χ4n) is 3.34. The predicted molar refractivity (Wildman–Crippen MR) is 113 cm³/mol. The van der Waals surface area contributed by atoms with Gasteiger partial charge >= 0.3 is 0 Å². The van der Waals surface area contributed by atoms with Crippen LogP contribution in [0.1, 0.15) is 20.3 Å². The van der Waals surface area contributed by atoms with E-state index in [2.05, 4.69) is 105 Å². The Morgan fingerprint density at radius 3 is 1.24 bits per heavy atom. The van der Waals surface area contributed by atoms with Crippen molar-refractivity contribution in [3.8, 4) is 0 Å². The number of hydrogen-bond donors (Lipinski definition) is 1. The van der Waals surface area contributed by atoms with Gasteiger partial charge in [0.25, 0.3) is 0 Å². The van der Waals surface area contributed by atoms with E-state index in [0.717, 1.165) is 12.6 Å². The van der Waals surface area contributed by atoms with Crippen LogP contribution < -0.4 is 21.6 Å². The molecule has 3 rings (SSSR count). The minimum atomic E-state index is -1.73. The second kappa shape index (κ2) is 7.52. The van der Waals surface area contributed by atoms with E-state index in [1.54, 1.807) is 0 Å². The third-order valence-corrected chi connectivity index (χ3v) is 9.12. The van der Waals surface area contributed by atoms with Gasteiger partial charge in [0.15, 0.2) is 0 Å². The van der Waals surface area contributed by atoms with Crippen molar-refractivity contribution >= 4 is 23.2 Å². The molecule has 1 nitrogen and oxygen atoms in total. The zero-order valence-electron chi connectivity index (χ0n) is 15.1. The summed E-state index contributed by atoms with van der Waals surface area (Å²) in [5, 5.41) is 4.28. The SMILES string of the molecule is CC(C)(N)CC[P+](c1ccccc1)(c1ccccc1)c1ccccc1. The van der Waals surface area contributed by atoms with Crippen LogP contribution in [0, 0.1) is 0 Å². The van der Waals surface area contributed by atoms with Gasteiger partial charge in [-0.25, -0.2) is 0 Å². The summed E-state index contributed by atoms with van der Waals surface area (Å²) in [6.07, 6.45) is 2.06. The van der Waals surface area contributed by atoms with Crippen LogP contribution >= 0.6 is 7.26 Å². The summed E-state index contributed by atoms with van der Waals surface area (Å²) >= 11 is 0. The highest BCUT2D eigenvalue weighted by molar-refractivity contribution is 7.95. The molecule has 0 aliphatic heterocycles. The van der Waals surface area contributed by atoms with Crippen LogP contribution in [-0.4, -0.2) is 11.7 Å². The first-order valence-corrected chi connectivity index (χ1v) is 10.8. The zero-order valence-corrected chi connectivity index (χ0v) is 16.0. The second-order valence-electron chi connectivity index (χ2n) is 7.28. The van der Waals surface area contributed by atoms with E-state index in [-0.39, 0.29) is 5.54 Å². The zero-order chi connectivity index (χ0) is 17.8. The number of nitrogens with two attached hydrogens (primary N) is 1. The average molecular weight is 348 g/mol. The van der Waals surface area contributed by atoms with Crippen molar-refractivity contribution in [1.29, 1.82) is 0 Å². The van der Waals surface area contributed by atoms with E-state index in [4.69, 9.17) is 5.73 Å². The first kappa shape index (κ1) is 17.9. The van der Waals surface area contributed by atoms with Gasteiger partial charge in [0, 0.05) is 5.54 Å². The van der Waals surface area contributed by atoms with Crippen molar-refractivity contribution in [2.24, 2.45) is 5.73 Å². The van der Waals surface area contributed by atoms with E-state index < -0.39 is 7.26 Å². The molecule has 2 N–H and O–H groups in total. The second-order valence-corrected chi connectivity index (χ2v) is 10.9. The highest BCUT2D eigenvalue weighted by Crippen LogP contribution is 2.56. The lowest BCUT2D eigenvalue weighted by atomic mass is 10.0. The van der Waals surface area contributed by atoms with Gasteiger partial charge in [-0.05, 0) is 56.7 Å². The van der Waals surface area contributed by atoms with Crippen LogP contribution in [0.3, 0.4) is 0 Å². The molecule has 0 aromatic heterocycles. The number of benzene rings is 3. The van der Waals surface area contributed by atoms with Crippen LogP contribution in [-0.2, 0) is 0 Å². The molecule has 0 radical (unpaired) electrons. The number of rotatable bonds is 6. The average Bonchev–Trinajstić information content (AvgIpc) is 2.64. The van der Waals surface area contributed by atoms with E-state index in [0.29, 0.717) is 0 Å². The fourth-order valence-corrected chi connectivity index (χ4v) is 7.96. The molecule has 25 heavy (non-hydrogen) atoms. The minimum Gasteiger partial charge on any atom is -0.325 e. The third-order valence-electron chi connectivity index (χ3n) is 4.68. The van der Waals surface area contributed by atoms with Crippen molar-refractivity contribution in [2.75, 3.05) is 6.16 Å². The molecule has 0 spiro atoms. The summed E-state index contributed by atoms with van der Waals surface area (Å²) in [4.78, 5) is 0. The molecular formula is C23H27NP+. The van der Waals surface area contributed by atoms with Gasteiger partial charge in [-0.3, -0.25) is 0 Å². The van der Waals surface area contributed by atoms with Crippen molar-refractivity contribution in [3.63, 3.8) is 0 Å².